The number of aliphatic hydroxyl groups is 1. The highest BCUT2D eigenvalue weighted by atomic mass is 16.6. The Morgan fingerprint density at radius 2 is 1.69 bits per heavy atom. The van der Waals surface area contributed by atoms with Crippen LogP contribution in [0.5, 0.6) is 11.5 Å². The van der Waals surface area contributed by atoms with Crippen LogP contribution in [0.1, 0.15) is 23.6 Å². The summed E-state index contributed by atoms with van der Waals surface area (Å²) in [5.74, 6) is -1.50. The maximum atomic E-state index is 13.0. The van der Waals surface area contributed by atoms with Crippen LogP contribution in [0.3, 0.4) is 0 Å². The molecule has 0 fully saturated rings. The minimum atomic E-state index is -2.02. The number of nitrogens with one attached hydrogen (secondary N) is 1. The number of aromatic hydroxyl groups is 1. The van der Waals surface area contributed by atoms with Crippen molar-refractivity contribution >= 4 is 17.8 Å². The van der Waals surface area contributed by atoms with Gasteiger partial charge in [-0.05, 0) is 24.1 Å². The minimum Gasteiger partial charge on any atom is -0.500 e. The van der Waals surface area contributed by atoms with Gasteiger partial charge >= 0.3 is 5.69 Å². The van der Waals surface area contributed by atoms with Crippen LogP contribution in [-0.2, 0) is 10.4 Å². The summed E-state index contributed by atoms with van der Waals surface area (Å²) in [6.45, 7) is 1.85. The van der Waals surface area contributed by atoms with E-state index in [0.29, 0.717) is 11.1 Å². The van der Waals surface area contributed by atoms with E-state index in [1.165, 1.54) is 6.07 Å². The zero-order valence-corrected chi connectivity index (χ0v) is 17.1. The quantitative estimate of drug-likeness (QED) is 0.283. The molecule has 0 radical (unpaired) electrons. The zero-order valence-electron chi connectivity index (χ0n) is 17.1. The number of hydrazone groups is 1. The van der Waals surface area contributed by atoms with E-state index in [-0.39, 0.29) is 17.9 Å². The third kappa shape index (κ3) is 4.57. The maximum absolute atomic E-state index is 13.0. The number of benzene rings is 3. The Bertz CT molecular complexity index is 1090. The number of nitro benzene ring substituents is 1. The molecule has 1 amide bonds. The molecule has 3 N–H and O–H groups in total. The van der Waals surface area contributed by atoms with Gasteiger partial charge in [0.2, 0.25) is 5.75 Å². The second kappa shape index (κ2) is 9.71. The first-order valence-electron chi connectivity index (χ1n) is 9.69. The molecule has 3 rings (SSSR count). The fourth-order valence-electron chi connectivity index (χ4n) is 3.13. The number of carbonyl (C=O) groups excluding carboxylic acids is 1. The maximum Gasteiger partial charge on any atom is 0.315 e. The van der Waals surface area contributed by atoms with Crippen LogP contribution < -0.4 is 10.2 Å². The molecule has 32 heavy (non-hydrogen) atoms. The highest BCUT2D eigenvalue weighted by Crippen LogP contribution is 2.36. The van der Waals surface area contributed by atoms with Crippen LogP contribution in [0.25, 0.3) is 0 Å². The van der Waals surface area contributed by atoms with Crippen molar-refractivity contribution in [3.05, 3.63) is 99.6 Å². The predicted molar refractivity (Wildman–Crippen MR) is 118 cm³/mol. The van der Waals surface area contributed by atoms with Gasteiger partial charge in [-0.25, -0.2) is 5.43 Å². The molecule has 3 aromatic rings. The summed E-state index contributed by atoms with van der Waals surface area (Å²) in [5.41, 5.74) is 0.613. The van der Waals surface area contributed by atoms with Crippen LogP contribution in [0.2, 0.25) is 0 Å². The predicted octanol–water partition coefficient (Wildman–Crippen LogP) is 3.09. The summed E-state index contributed by atoms with van der Waals surface area (Å²) < 4.78 is 5.22. The number of phenols is 1. The average Bonchev–Trinajstić information content (AvgIpc) is 2.81. The fourth-order valence-corrected chi connectivity index (χ4v) is 3.13. The number of amides is 1. The van der Waals surface area contributed by atoms with E-state index in [0.717, 1.165) is 12.3 Å². The summed E-state index contributed by atoms with van der Waals surface area (Å²) in [5, 5.41) is 36.4. The van der Waals surface area contributed by atoms with Crippen molar-refractivity contribution in [2.24, 2.45) is 5.10 Å². The van der Waals surface area contributed by atoms with Gasteiger partial charge in [-0.2, -0.15) is 5.10 Å². The first kappa shape index (κ1) is 22.4. The van der Waals surface area contributed by atoms with Crippen LogP contribution in [0.15, 0.2) is 77.9 Å². The Balaban J connectivity index is 1.91. The van der Waals surface area contributed by atoms with Crippen molar-refractivity contribution < 1.29 is 24.7 Å². The van der Waals surface area contributed by atoms with Gasteiger partial charge in [0, 0.05) is 11.6 Å². The van der Waals surface area contributed by atoms with Gasteiger partial charge in [0.15, 0.2) is 11.4 Å². The summed E-state index contributed by atoms with van der Waals surface area (Å²) in [6.07, 6.45) is 1.16. The van der Waals surface area contributed by atoms with E-state index in [1.807, 2.05) is 0 Å². The SMILES string of the molecule is CCOc1cc(C=NNC(=O)C(O)(c2ccccc2)c2ccccc2)cc([N+](=O)[O-])c1O. The highest BCUT2D eigenvalue weighted by Gasteiger charge is 2.39. The van der Waals surface area contributed by atoms with Gasteiger partial charge in [0.1, 0.15) is 0 Å². The number of hydrogen-bond acceptors (Lipinski definition) is 7. The van der Waals surface area contributed by atoms with Crippen LogP contribution in [-0.4, -0.2) is 33.9 Å². The first-order chi connectivity index (χ1) is 15.4. The molecule has 9 heteroatoms. The number of ether oxygens (including phenoxy) is 1. The Kier molecular flexibility index (Phi) is 6.81. The van der Waals surface area contributed by atoms with Gasteiger partial charge in [0.05, 0.1) is 17.7 Å². The monoisotopic (exact) mass is 435 g/mol. The first-order valence-corrected chi connectivity index (χ1v) is 9.69. The molecule has 0 aliphatic rings. The van der Waals surface area contributed by atoms with Gasteiger partial charge in [-0.15, -0.1) is 0 Å². The second-order valence-corrected chi connectivity index (χ2v) is 6.72. The normalized spacial score (nSPS) is 11.3. The summed E-state index contributed by atoms with van der Waals surface area (Å²) in [6, 6.07) is 19.2. The number of nitrogens with zero attached hydrogens (tertiary/aromatic N) is 2. The molecule has 0 bridgehead atoms. The molecule has 164 valence electrons. The molecular weight excluding hydrogens is 414 g/mol. The van der Waals surface area contributed by atoms with Crippen molar-refractivity contribution in [2.45, 2.75) is 12.5 Å². The lowest BCUT2D eigenvalue weighted by Gasteiger charge is -2.27. The van der Waals surface area contributed by atoms with E-state index < -0.39 is 27.9 Å². The molecule has 0 saturated carbocycles. The Labute approximate surface area is 183 Å². The van der Waals surface area contributed by atoms with Crippen LogP contribution >= 0.6 is 0 Å². The number of hydrogen-bond donors (Lipinski definition) is 3. The Hall–Kier alpha value is -4.24. The van der Waals surface area contributed by atoms with Gasteiger partial charge < -0.3 is 14.9 Å². The van der Waals surface area contributed by atoms with Crippen LogP contribution in [0.4, 0.5) is 5.69 Å². The number of rotatable bonds is 8. The van der Waals surface area contributed by atoms with Crippen LogP contribution in [0, 0.1) is 10.1 Å². The average molecular weight is 435 g/mol. The molecule has 0 saturated heterocycles. The van der Waals surface area contributed by atoms with Gasteiger partial charge in [0.25, 0.3) is 5.91 Å². The Morgan fingerprint density at radius 3 is 2.19 bits per heavy atom. The zero-order chi connectivity index (χ0) is 23.1. The van der Waals surface area contributed by atoms with E-state index in [1.54, 1.807) is 67.6 Å². The van der Waals surface area contributed by atoms with Gasteiger partial charge in [-0.3, -0.25) is 14.9 Å². The highest BCUT2D eigenvalue weighted by molar-refractivity contribution is 5.91. The van der Waals surface area contributed by atoms with E-state index in [2.05, 4.69) is 10.5 Å². The lowest BCUT2D eigenvalue weighted by atomic mass is 9.85. The van der Waals surface area contributed by atoms with Crippen molar-refractivity contribution in [1.29, 1.82) is 0 Å². The largest absolute Gasteiger partial charge is 0.500 e. The van der Waals surface area contributed by atoms with Crippen molar-refractivity contribution in [3.8, 4) is 11.5 Å². The number of nitro groups is 1. The summed E-state index contributed by atoms with van der Waals surface area (Å²) in [4.78, 5) is 23.5. The molecule has 0 spiro atoms. The molecule has 0 unspecified atom stereocenters. The second-order valence-electron chi connectivity index (χ2n) is 6.72. The molecule has 3 aromatic carbocycles. The molecule has 0 aromatic heterocycles. The minimum absolute atomic E-state index is 0.0837. The van der Waals surface area contributed by atoms with E-state index in [4.69, 9.17) is 4.74 Å². The third-order valence-corrected chi connectivity index (χ3v) is 4.67. The third-order valence-electron chi connectivity index (χ3n) is 4.67. The van der Waals surface area contributed by atoms with Crippen molar-refractivity contribution in [1.82, 2.24) is 5.43 Å². The molecule has 9 nitrogen and oxygen atoms in total. The fraction of sp³-hybridized carbons (Fsp3) is 0.130. The molecule has 0 atom stereocenters. The van der Waals surface area contributed by atoms with E-state index in [9.17, 15) is 25.1 Å². The van der Waals surface area contributed by atoms with Crippen molar-refractivity contribution in [3.63, 3.8) is 0 Å². The van der Waals surface area contributed by atoms with E-state index >= 15 is 0 Å². The number of phenolic OH excluding ortho intramolecular Hbond substituents is 1. The topological polar surface area (TPSA) is 134 Å². The molecule has 0 aliphatic carbocycles. The lowest BCUT2D eigenvalue weighted by molar-refractivity contribution is -0.386. The standard InChI is InChI=1S/C23H21N3O6/c1-2-32-20-14-16(13-19(21(20)27)26(30)31)15-24-25-22(28)23(29,17-9-5-3-6-10-17)18-11-7-4-8-12-18/h3-15,27,29H,2H2,1H3,(H,25,28). The summed E-state index contributed by atoms with van der Waals surface area (Å²) in [7, 11) is 0. The smallest absolute Gasteiger partial charge is 0.315 e. The lowest BCUT2D eigenvalue weighted by Crippen LogP contribution is -2.43. The van der Waals surface area contributed by atoms with Gasteiger partial charge in [-0.1, -0.05) is 60.7 Å². The molecule has 0 heterocycles. The number of carbonyl (C=O) groups is 1. The molecule has 0 aliphatic heterocycles. The summed E-state index contributed by atoms with van der Waals surface area (Å²) >= 11 is 0. The molecular formula is C23H21N3O6. The van der Waals surface area contributed by atoms with Crippen molar-refractivity contribution in [2.75, 3.05) is 6.61 Å². The Morgan fingerprint density at radius 1 is 1.12 bits per heavy atom.